The molecule has 1 fully saturated rings. The second kappa shape index (κ2) is 8.45. The fourth-order valence-electron chi connectivity index (χ4n) is 3.46. The van der Waals surface area contributed by atoms with Gasteiger partial charge >= 0.3 is 5.97 Å². The maximum Gasteiger partial charge on any atom is 0.307 e. The highest BCUT2D eigenvalue weighted by atomic mass is 19.1. The Morgan fingerprint density at radius 2 is 1.78 bits per heavy atom. The molecule has 4 rings (SSSR count). The topological polar surface area (TPSA) is 84.3 Å². The summed E-state index contributed by atoms with van der Waals surface area (Å²) in [5.41, 5.74) is 0.304. The van der Waals surface area contributed by atoms with Gasteiger partial charge < -0.3 is 15.2 Å². The highest BCUT2D eigenvalue weighted by Gasteiger charge is 2.45. The summed E-state index contributed by atoms with van der Waals surface area (Å²) < 4.78 is 61.3. The lowest BCUT2D eigenvalue weighted by Crippen LogP contribution is -2.06. The maximum absolute atomic E-state index is 14.3. The van der Waals surface area contributed by atoms with E-state index in [1.54, 1.807) is 0 Å². The van der Waals surface area contributed by atoms with Crippen molar-refractivity contribution in [3.8, 4) is 16.9 Å². The Morgan fingerprint density at radius 1 is 1.06 bits per heavy atom. The zero-order valence-corrected chi connectivity index (χ0v) is 16.7. The van der Waals surface area contributed by atoms with Gasteiger partial charge in [0.2, 0.25) is 0 Å². The Labute approximate surface area is 179 Å². The highest BCUT2D eigenvalue weighted by Crippen LogP contribution is 2.46. The van der Waals surface area contributed by atoms with Crippen LogP contribution in [0.25, 0.3) is 11.1 Å². The number of ether oxygens (including phenoxy) is 1. The van der Waals surface area contributed by atoms with Gasteiger partial charge in [-0.15, -0.1) is 0 Å². The molecule has 0 amide bonds. The number of carbonyl (C=O) groups is 1. The molecule has 0 spiro atoms. The van der Waals surface area contributed by atoms with Crippen molar-refractivity contribution in [2.75, 3.05) is 12.4 Å². The Hall–Kier alpha value is -3.69. The predicted octanol–water partition coefficient (Wildman–Crippen LogP) is 4.51. The molecule has 0 aliphatic heterocycles. The number of carboxylic acids is 1. The van der Waals surface area contributed by atoms with Crippen LogP contribution in [-0.2, 0) is 11.3 Å². The number of hydrogen-bond donors (Lipinski definition) is 2. The van der Waals surface area contributed by atoms with Gasteiger partial charge in [-0.05, 0) is 30.2 Å². The number of rotatable bonds is 7. The minimum Gasteiger partial charge on any atom is -0.491 e. The van der Waals surface area contributed by atoms with E-state index in [-0.39, 0.29) is 29.2 Å². The zero-order chi connectivity index (χ0) is 23.0. The normalized spacial score (nSPS) is 17.2. The number of aromatic nitrogens is 2. The molecule has 1 aliphatic carbocycles. The number of nitrogens with zero attached hydrogens (tertiary/aromatic N) is 2. The van der Waals surface area contributed by atoms with Crippen LogP contribution in [0.5, 0.6) is 5.75 Å². The summed E-state index contributed by atoms with van der Waals surface area (Å²) in [5, 5.41) is 11.8. The third-order valence-electron chi connectivity index (χ3n) is 5.27. The van der Waals surface area contributed by atoms with Crippen LogP contribution in [-0.4, -0.2) is 28.2 Å². The second-order valence-electron chi connectivity index (χ2n) is 7.36. The highest BCUT2D eigenvalue weighted by molar-refractivity contribution is 5.75. The molecule has 10 heteroatoms. The molecule has 1 heterocycles. The largest absolute Gasteiger partial charge is 0.491 e. The number of nitrogens with one attached hydrogen (secondary N) is 1. The summed E-state index contributed by atoms with van der Waals surface area (Å²) in [6, 6.07) is 3.60. The van der Waals surface area contributed by atoms with Crippen LogP contribution in [0.1, 0.15) is 23.6 Å². The van der Waals surface area contributed by atoms with Gasteiger partial charge in [0.15, 0.2) is 17.4 Å². The first-order chi connectivity index (χ1) is 15.3. The van der Waals surface area contributed by atoms with Gasteiger partial charge in [-0.2, -0.15) is 0 Å². The molecule has 2 N–H and O–H groups in total. The molecule has 2 aromatic carbocycles. The van der Waals surface area contributed by atoms with Gasteiger partial charge in [0.05, 0.1) is 31.1 Å². The molecule has 166 valence electrons. The second-order valence-corrected chi connectivity index (χ2v) is 7.36. The third-order valence-corrected chi connectivity index (χ3v) is 5.27. The number of aliphatic carboxylic acids is 1. The minimum absolute atomic E-state index is 0.0389. The van der Waals surface area contributed by atoms with Crippen molar-refractivity contribution in [1.29, 1.82) is 0 Å². The van der Waals surface area contributed by atoms with E-state index in [0.717, 1.165) is 25.3 Å². The summed E-state index contributed by atoms with van der Waals surface area (Å²) in [5.74, 6) is -5.65. The first kappa shape index (κ1) is 21.5. The fraction of sp³-hybridized carbons (Fsp3) is 0.227. The van der Waals surface area contributed by atoms with Gasteiger partial charge in [-0.25, -0.2) is 22.5 Å². The van der Waals surface area contributed by atoms with E-state index in [4.69, 9.17) is 5.11 Å². The van der Waals surface area contributed by atoms with Crippen molar-refractivity contribution >= 4 is 11.8 Å². The van der Waals surface area contributed by atoms with Gasteiger partial charge in [0, 0.05) is 29.7 Å². The van der Waals surface area contributed by atoms with E-state index in [0.29, 0.717) is 24.0 Å². The minimum atomic E-state index is -1.01. The Morgan fingerprint density at radius 3 is 2.34 bits per heavy atom. The predicted molar refractivity (Wildman–Crippen MR) is 106 cm³/mol. The maximum atomic E-state index is 14.3. The monoisotopic (exact) mass is 447 g/mol. The number of hydrogen-bond acceptors (Lipinski definition) is 5. The molecule has 3 aromatic rings. The van der Waals surface area contributed by atoms with Crippen molar-refractivity contribution in [2.24, 2.45) is 5.92 Å². The van der Waals surface area contributed by atoms with E-state index in [1.165, 1.54) is 12.4 Å². The van der Waals surface area contributed by atoms with E-state index >= 15 is 0 Å². The number of carboxylic acid groups (broad SMARTS) is 1. The van der Waals surface area contributed by atoms with Crippen LogP contribution in [0, 0.1) is 29.2 Å². The Kier molecular flexibility index (Phi) is 5.68. The Balaban J connectivity index is 1.52. The lowest BCUT2D eigenvalue weighted by atomic mass is 10.0. The summed E-state index contributed by atoms with van der Waals surface area (Å²) in [6.45, 7) is -0.102. The first-order valence-electron chi connectivity index (χ1n) is 9.58. The number of methoxy groups -OCH3 is 1. The van der Waals surface area contributed by atoms with Crippen LogP contribution in [0.2, 0.25) is 0 Å². The molecule has 0 saturated heterocycles. The summed E-state index contributed by atoms with van der Waals surface area (Å²) >= 11 is 0. The summed E-state index contributed by atoms with van der Waals surface area (Å²) in [6.07, 6.45) is 3.35. The molecular formula is C22H17F4N3O3. The average Bonchev–Trinajstić information content (AvgIpc) is 3.54. The Bertz CT molecular complexity index is 1160. The van der Waals surface area contributed by atoms with E-state index < -0.39 is 40.9 Å². The van der Waals surface area contributed by atoms with E-state index in [1.807, 2.05) is 0 Å². The van der Waals surface area contributed by atoms with E-state index in [2.05, 4.69) is 20.0 Å². The smallest absolute Gasteiger partial charge is 0.307 e. The van der Waals surface area contributed by atoms with Crippen LogP contribution in [0.15, 0.2) is 36.7 Å². The third kappa shape index (κ3) is 4.20. The van der Waals surface area contributed by atoms with Gasteiger partial charge in [-0.1, -0.05) is 0 Å². The molecule has 1 saturated carbocycles. The first-order valence-corrected chi connectivity index (χ1v) is 9.58. The van der Waals surface area contributed by atoms with Crippen LogP contribution in [0.4, 0.5) is 23.4 Å². The molecule has 0 unspecified atom stereocenters. The molecular weight excluding hydrogens is 430 g/mol. The van der Waals surface area contributed by atoms with Crippen LogP contribution >= 0.6 is 0 Å². The van der Waals surface area contributed by atoms with Crippen molar-refractivity contribution in [3.63, 3.8) is 0 Å². The lowest BCUT2D eigenvalue weighted by Gasteiger charge is -2.12. The van der Waals surface area contributed by atoms with Crippen LogP contribution in [0.3, 0.4) is 0 Å². The SMILES string of the molecule is COc1c(F)cc(-c2cc(CNc3cnc([C@@H]4C[C@H]4C(=O)O)cn3)c(F)cc2F)cc1F. The van der Waals surface area contributed by atoms with Gasteiger partial charge in [0.25, 0.3) is 0 Å². The van der Waals surface area contributed by atoms with Gasteiger partial charge in [0.1, 0.15) is 17.5 Å². The van der Waals surface area contributed by atoms with E-state index in [9.17, 15) is 22.4 Å². The molecule has 6 nitrogen and oxygen atoms in total. The van der Waals surface area contributed by atoms with Crippen molar-refractivity contribution < 1.29 is 32.2 Å². The van der Waals surface area contributed by atoms with Crippen molar-refractivity contribution in [3.05, 3.63) is 71.2 Å². The quantitative estimate of drug-likeness (QED) is 0.519. The molecule has 32 heavy (non-hydrogen) atoms. The number of anilines is 1. The standard InChI is InChI=1S/C22H17F4N3O3/c1-32-21-17(25)3-10(4-18(21)26)12-2-11(15(23)6-16(12)24)7-28-20-9-27-19(8-29-20)13-5-14(13)22(30)31/h2-4,6,8-9,13-14H,5,7H2,1H3,(H,28,29)(H,30,31)/t13-,14-/m1/s1. The number of benzene rings is 2. The number of halogens is 4. The van der Waals surface area contributed by atoms with Crippen LogP contribution < -0.4 is 10.1 Å². The lowest BCUT2D eigenvalue weighted by molar-refractivity contribution is -0.138. The average molecular weight is 447 g/mol. The zero-order valence-electron chi connectivity index (χ0n) is 16.7. The van der Waals surface area contributed by atoms with Crippen molar-refractivity contribution in [2.45, 2.75) is 18.9 Å². The molecule has 2 atom stereocenters. The molecule has 0 bridgehead atoms. The molecule has 1 aromatic heterocycles. The molecule has 0 radical (unpaired) electrons. The van der Waals surface area contributed by atoms with Crippen molar-refractivity contribution in [1.82, 2.24) is 9.97 Å². The summed E-state index contributed by atoms with van der Waals surface area (Å²) in [7, 11) is 1.11. The molecule has 1 aliphatic rings. The van der Waals surface area contributed by atoms with Gasteiger partial charge in [-0.3, -0.25) is 9.78 Å². The summed E-state index contributed by atoms with van der Waals surface area (Å²) in [4.78, 5) is 19.3. The fourth-order valence-corrected chi connectivity index (χ4v) is 3.46.